The Labute approximate surface area is 122 Å². The van der Waals surface area contributed by atoms with Crippen LogP contribution in [0.5, 0.6) is 5.75 Å². The zero-order valence-corrected chi connectivity index (χ0v) is 11.7. The van der Waals surface area contributed by atoms with Crippen LogP contribution in [0, 0.1) is 0 Å². The molecule has 0 radical (unpaired) electrons. The van der Waals surface area contributed by atoms with Gasteiger partial charge in [-0.15, -0.1) is 0 Å². The standard InChI is InChI=1S/C15H17N3O3/c1-21-11-5-2-9(3-6-11)14-17-13(15(19)20)12-7-4-10(16)8-18(12)14/h2-3,5-6,10H,4,7-8,16H2,1H3,(H,19,20). The molecule has 6 heteroatoms. The Morgan fingerprint density at radius 2 is 2.14 bits per heavy atom. The number of ether oxygens (including phenoxy) is 1. The number of nitrogens with two attached hydrogens (primary N) is 1. The summed E-state index contributed by atoms with van der Waals surface area (Å²) in [6.45, 7) is 0.594. The van der Waals surface area contributed by atoms with Crippen molar-refractivity contribution in [2.24, 2.45) is 5.73 Å². The van der Waals surface area contributed by atoms with E-state index in [0.29, 0.717) is 18.8 Å². The summed E-state index contributed by atoms with van der Waals surface area (Å²) < 4.78 is 7.07. The Morgan fingerprint density at radius 1 is 1.43 bits per heavy atom. The average Bonchev–Trinajstić information content (AvgIpc) is 2.86. The summed E-state index contributed by atoms with van der Waals surface area (Å²) in [7, 11) is 1.61. The number of hydrogen-bond acceptors (Lipinski definition) is 4. The second kappa shape index (κ2) is 5.21. The maximum Gasteiger partial charge on any atom is 0.356 e. The third kappa shape index (κ3) is 2.38. The molecule has 0 saturated carbocycles. The van der Waals surface area contributed by atoms with E-state index in [2.05, 4.69) is 4.98 Å². The van der Waals surface area contributed by atoms with Crippen molar-refractivity contribution in [3.63, 3.8) is 0 Å². The molecule has 0 saturated heterocycles. The molecule has 110 valence electrons. The van der Waals surface area contributed by atoms with Crippen LogP contribution in [-0.2, 0) is 13.0 Å². The molecule has 3 rings (SSSR count). The second-order valence-corrected chi connectivity index (χ2v) is 5.17. The topological polar surface area (TPSA) is 90.4 Å². The minimum Gasteiger partial charge on any atom is -0.497 e. The lowest BCUT2D eigenvalue weighted by atomic mass is 10.0. The SMILES string of the molecule is COc1ccc(-c2nc(C(=O)O)c3n2CC(N)CC3)cc1. The van der Waals surface area contributed by atoms with E-state index in [0.717, 1.165) is 23.4 Å². The molecular formula is C15H17N3O3. The van der Waals surface area contributed by atoms with Gasteiger partial charge in [-0.25, -0.2) is 9.78 Å². The predicted octanol–water partition coefficient (Wildman–Crippen LogP) is 1.53. The highest BCUT2D eigenvalue weighted by molar-refractivity contribution is 5.88. The Bertz CT molecular complexity index is 676. The third-order valence-corrected chi connectivity index (χ3v) is 3.79. The van der Waals surface area contributed by atoms with Crippen LogP contribution < -0.4 is 10.5 Å². The zero-order valence-electron chi connectivity index (χ0n) is 11.7. The summed E-state index contributed by atoms with van der Waals surface area (Å²) >= 11 is 0. The van der Waals surface area contributed by atoms with Gasteiger partial charge in [0.2, 0.25) is 0 Å². The highest BCUT2D eigenvalue weighted by Gasteiger charge is 2.27. The van der Waals surface area contributed by atoms with Gasteiger partial charge >= 0.3 is 5.97 Å². The van der Waals surface area contributed by atoms with Crippen molar-refractivity contribution in [2.75, 3.05) is 7.11 Å². The number of carboxylic acids is 1. The lowest BCUT2D eigenvalue weighted by Crippen LogP contribution is -2.32. The number of fused-ring (bicyclic) bond motifs is 1. The van der Waals surface area contributed by atoms with Crippen molar-refractivity contribution in [3.8, 4) is 17.1 Å². The van der Waals surface area contributed by atoms with Crippen LogP contribution in [0.3, 0.4) is 0 Å². The highest BCUT2D eigenvalue weighted by atomic mass is 16.5. The number of carbonyl (C=O) groups is 1. The largest absolute Gasteiger partial charge is 0.497 e. The number of benzene rings is 1. The molecule has 0 bridgehead atoms. The second-order valence-electron chi connectivity index (χ2n) is 5.17. The first-order valence-electron chi connectivity index (χ1n) is 6.83. The van der Waals surface area contributed by atoms with E-state index in [9.17, 15) is 9.90 Å². The molecule has 1 aromatic carbocycles. The number of nitrogens with zero attached hydrogens (tertiary/aromatic N) is 2. The summed E-state index contributed by atoms with van der Waals surface area (Å²) in [6.07, 6.45) is 1.43. The number of imidazole rings is 1. The fourth-order valence-electron chi connectivity index (χ4n) is 2.72. The summed E-state index contributed by atoms with van der Waals surface area (Å²) in [4.78, 5) is 15.7. The molecule has 0 amide bonds. The van der Waals surface area contributed by atoms with Crippen molar-refractivity contribution in [1.82, 2.24) is 9.55 Å². The molecule has 1 atom stereocenters. The number of aromatic carboxylic acids is 1. The lowest BCUT2D eigenvalue weighted by Gasteiger charge is -2.22. The fraction of sp³-hybridized carbons (Fsp3) is 0.333. The van der Waals surface area contributed by atoms with Crippen molar-refractivity contribution < 1.29 is 14.6 Å². The summed E-state index contributed by atoms with van der Waals surface area (Å²) in [5, 5.41) is 9.32. The Morgan fingerprint density at radius 3 is 2.76 bits per heavy atom. The molecule has 2 heterocycles. The van der Waals surface area contributed by atoms with Gasteiger partial charge in [0.25, 0.3) is 0 Å². The molecule has 1 aliphatic heterocycles. The van der Waals surface area contributed by atoms with Gasteiger partial charge < -0.3 is 20.1 Å². The quantitative estimate of drug-likeness (QED) is 0.893. The lowest BCUT2D eigenvalue weighted by molar-refractivity contribution is 0.0689. The molecule has 1 unspecified atom stereocenters. The first-order valence-corrected chi connectivity index (χ1v) is 6.83. The summed E-state index contributed by atoms with van der Waals surface area (Å²) in [5.74, 6) is 0.411. The van der Waals surface area contributed by atoms with Crippen molar-refractivity contribution in [3.05, 3.63) is 35.7 Å². The molecule has 0 spiro atoms. The Balaban J connectivity index is 2.11. The van der Waals surface area contributed by atoms with E-state index >= 15 is 0 Å². The number of methoxy groups -OCH3 is 1. The van der Waals surface area contributed by atoms with E-state index in [1.807, 2.05) is 28.8 Å². The molecule has 1 aliphatic rings. The normalized spacial score (nSPS) is 17.3. The molecule has 0 fully saturated rings. The van der Waals surface area contributed by atoms with Crippen LogP contribution in [0.15, 0.2) is 24.3 Å². The molecular weight excluding hydrogens is 270 g/mol. The molecule has 3 N–H and O–H groups in total. The van der Waals surface area contributed by atoms with E-state index in [4.69, 9.17) is 10.5 Å². The van der Waals surface area contributed by atoms with Crippen LogP contribution in [0.2, 0.25) is 0 Å². The Kier molecular flexibility index (Phi) is 3.39. The minimum atomic E-state index is -0.992. The van der Waals surface area contributed by atoms with E-state index < -0.39 is 5.97 Å². The van der Waals surface area contributed by atoms with E-state index in [1.165, 1.54) is 0 Å². The molecule has 2 aromatic rings. The molecule has 21 heavy (non-hydrogen) atoms. The predicted molar refractivity (Wildman–Crippen MR) is 77.5 cm³/mol. The molecule has 1 aromatic heterocycles. The number of hydrogen-bond donors (Lipinski definition) is 2. The van der Waals surface area contributed by atoms with Crippen LogP contribution in [0.4, 0.5) is 0 Å². The van der Waals surface area contributed by atoms with E-state index in [1.54, 1.807) is 7.11 Å². The van der Waals surface area contributed by atoms with Crippen molar-refractivity contribution in [2.45, 2.75) is 25.4 Å². The van der Waals surface area contributed by atoms with Crippen LogP contribution >= 0.6 is 0 Å². The monoisotopic (exact) mass is 287 g/mol. The van der Waals surface area contributed by atoms with Crippen LogP contribution in [0.1, 0.15) is 22.6 Å². The first kappa shape index (κ1) is 13.6. The number of aromatic nitrogens is 2. The third-order valence-electron chi connectivity index (χ3n) is 3.79. The summed E-state index contributed by atoms with van der Waals surface area (Å²) in [5.41, 5.74) is 7.76. The van der Waals surface area contributed by atoms with Gasteiger partial charge in [-0.3, -0.25) is 0 Å². The maximum absolute atomic E-state index is 11.4. The highest BCUT2D eigenvalue weighted by Crippen LogP contribution is 2.28. The van der Waals surface area contributed by atoms with Crippen LogP contribution in [-0.4, -0.2) is 33.8 Å². The minimum absolute atomic E-state index is 0.0327. The Hall–Kier alpha value is -2.34. The van der Waals surface area contributed by atoms with Crippen molar-refractivity contribution in [1.29, 1.82) is 0 Å². The van der Waals surface area contributed by atoms with Crippen molar-refractivity contribution >= 4 is 5.97 Å². The average molecular weight is 287 g/mol. The fourth-order valence-corrected chi connectivity index (χ4v) is 2.72. The number of rotatable bonds is 3. The van der Waals surface area contributed by atoms with E-state index in [-0.39, 0.29) is 11.7 Å². The van der Waals surface area contributed by atoms with Gasteiger partial charge in [0.05, 0.1) is 12.8 Å². The molecule has 0 aliphatic carbocycles. The first-order chi connectivity index (χ1) is 10.1. The van der Waals surface area contributed by atoms with Gasteiger partial charge in [0.1, 0.15) is 11.6 Å². The number of carboxylic acid groups (broad SMARTS) is 1. The summed E-state index contributed by atoms with van der Waals surface area (Å²) in [6, 6.07) is 7.45. The van der Waals surface area contributed by atoms with Gasteiger partial charge in [-0.1, -0.05) is 0 Å². The maximum atomic E-state index is 11.4. The van der Waals surface area contributed by atoms with Crippen LogP contribution in [0.25, 0.3) is 11.4 Å². The van der Waals surface area contributed by atoms with Gasteiger partial charge in [-0.05, 0) is 37.1 Å². The van der Waals surface area contributed by atoms with Gasteiger partial charge in [0.15, 0.2) is 5.69 Å². The molecule has 6 nitrogen and oxygen atoms in total. The van der Waals surface area contributed by atoms with Gasteiger partial charge in [-0.2, -0.15) is 0 Å². The smallest absolute Gasteiger partial charge is 0.356 e. The van der Waals surface area contributed by atoms with Gasteiger partial charge in [0, 0.05) is 18.2 Å². The zero-order chi connectivity index (χ0) is 15.0.